The van der Waals surface area contributed by atoms with E-state index in [1.807, 2.05) is 0 Å². The zero-order chi connectivity index (χ0) is 10.8. The molecule has 0 saturated heterocycles. The monoisotopic (exact) mass is 206 g/mol. The quantitative estimate of drug-likeness (QED) is 0.736. The fourth-order valence-corrected chi connectivity index (χ4v) is 1.28. The molecular formula is C10H7FN2O2. The summed E-state index contributed by atoms with van der Waals surface area (Å²) in [4.78, 5) is 16.8. The summed E-state index contributed by atoms with van der Waals surface area (Å²) >= 11 is 0. The van der Waals surface area contributed by atoms with Crippen LogP contribution in [0.25, 0.3) is 17.1 Å². The summed E-state index contributed by atoms with van der Waals surface area (Å²) in [6.45, 7) is 0. The molecule has 0 aliphatic rings. The van der Waals surface area contributed by atoms with Crippen molar-refractivity contribution in [3.05, 3.63) is 35.9 Å². The number of rotatable bonds is 2. The molecule has 0 spiro atoms. The Morgan fingerprint density at radius 3 is 3.07 bits per heavy atom. The molecule has 4 nitrogen and oxygen atoms in total. The Balaban J connectivity index is 2.52. The number of aromatic amines is 1. The number of aliphatic carboxylic acids is 1. The van der Waals surface area contributed by atoms with Crippen molar-refractivity contribution >= 4 is 23.1 Å². The average molecular weight is 206 g/mol. The molecule has 2 rings (SSSR count). The maximum Gasteiger partial charge on any atom is 0.328 e. The fraction of sp³-hybridized carbons (Fsp3) is 0. The molecule has 5 heteroatoms. The molecule has 2 N–H and O–H groups in total. The van der Waals surface area contributed by atoms with Crippen LogP contribution in [-0.2, 0) is 4.79 Å². The minimum atomic E-state index is -1.11. The zero-order valence-corrected chi connectivity index (χ0v) is 7.57. The standard InChI is InChI=1S/C10H7FN2O2/c11-9-6(2-4-8(14)15)1-3-7-10(9)13-5-12-7/h1-5H,(H,12,13)(H,14,15). The second-order valence-corrected chi connectivity index (χ2v) is 2.94. The van der Waals surface area contributed by atoms with Gasteiger partial charge in [0.25, 0.3) is 0 Å². The minimum Gasteiger partial charge on any atom is -0.478 e. The van der Waals surface area contributed by atoms with Gasteiger partial charge in [-0.25, -0.2) is 14.2 Å². The number of H-pyrrole nitrogens is 1. The van der Waals surface area contributed by atoms with Crippen LogP contribution < -0.4 is 0 Å². The van der Waals surface area contributed by atoms with Crippen LogP contribution in [0.5, 0.6) is 0 Å². The summed E-state index contributed by atoms with van der Waals surface area (Å²) in [5.41, 5.74) is 1.000. The van der Waals surface area contributed by atoms with Gasteiger partial charge in [-0.1, -0.05) is 0 Å². The molecule has 0 unspecified atom stereocenters. The Kier molecular flexibility index (Phi) is 2.21. The van der Waals surface area contributed by atoms with Crippen molar-refractivity contribution in [2.45, 2.75) is 0 Å². The van der Waals surface area contributed by atoms with Crippen LogP contribution in [0.2, 0.25) is 0 Å². The van der Waals surface area contributed by atoms with Gasteiger partial charge in [0.2, 0.25) is 0 Å². The molecular weight excluding hydrogens is 199 g/mol. The number of aromatic nitrogens is 2. The summed E-state index contributed by atoms with van der Waals surface area (Å²) in [5, 5.41) is 8.41. The van der Waals surface area contributed by atoms with E-state index in [2.05, 4.69) is 9.97 Å². The van der Waals surface area contributed by atoms with Crippen molar-refractivity contribution in [2.24, 2.45) is 0 Å². The normalized spacial score (nSPS) is 11.3. The Morgan fingerprint density at radius 2 is 2.33 bits per heavy atom. The van der Waals surface area contributed by atoms with E-state index in [1.165, 1.54) is 18.5 Å². The maximum absolute atomic E-state index is 13.6. The van der Waals surface area contributed by atoms with Crippen molar-refractivity contribution in [3.8, 4) is 0 Å². The summed E-state index contributed by atoms with van der Waals surface area (Å²) in [5.74, 6) is -1.64. The first-order valence-corrected chi connectivity index (χ1v) is 4.21. The molecule has 0 aliphatic heterocycles. The first kappa shape index (κ1) is 9.39. The SMILES string of the molecule is O=C(O)C=Cc1ccc2[nH]cnc2c1F. The molecule has 0 radical (unpaired) electrons. The van der Waals surface area contributed by atoms with Gasteiger partial charge in [-0.15, -0.1) is 0 Å². The number of benzene rings is 1. The number of halogens is 1. The smallest absolute Gasteiger partial charge is 0.328 e. The first-order chi connectivity index (χ1) is 7.18. The van der Waals surface area contributed by atoms with Gasteiger partial charge >= 0.3 is 5.97 Å². The predicted molar refractivity (Wildman–Crippen MR) is 52.7 cm³/mol. The third-order valence-corrected chi connectivity index (χ3v) is 1.97. The lowest BCUT2D eigenvalue weighted by Gasteiger charge is -1.96. The minimum absolute atomic E-state index is 0.206. The zero-order valence-electron chi connectivity index (χ0n) is 7.57. The highest BCUT2D eigenvalue weighted by Crippen LogP contribution is 2.18. The van der Waals surface area contributed by atoms with Crippen LogP contribution >= 0.6 is 0 Å². The van der Waals surface area contributed by atoms with Crippen molar-refractivity contribution < 1.29 is 14.3 Å². The lowest BCUT2D eigenvalue weighted by atomic mass is 10.1. The fourth-order valence-electron chi connectivity index (χ4n) is 1.28. The molecule has 0 fully saturated rings. The summed E-state index contributed by atoms with van der Waals surface area (Å²) in [7, 11) is 0. The van der Waals surface area contributed by atoms with Crippen LogP contribution in [0.3, 0.4) is 0 Å². The van der Waals surface area contributed by atoms with E-state index < -0.39 is 11.8 Å². The lowest BCUT2D eigenvalue weighted by Crippen LogP contribution is -1.88. The van der Waals surface area contributed by atoms with E-state index in [0.717, 1.165) is 6.08 Å². The molecule has 0 saturated carbocycles. The first-order valence-electron chi connectivity index (χ1n) is 4.21. The highest BCUT2D eigenvalue weighted by Gasteiger charge is 2.06. The molecule has 0 atom stereocenters. The summed E-state index contributed by atoms with van der Waals surface area (Å²) in [6.07, 6.45) is 3.47. The van der Waals surface area contributed by atoms with Gasteiger partial charge in [0, 0.05) is 11.6 Å². The Labute approximate surface area is 84.1 Å². The van der Waals surface area contributed by atoms with E-state index in [1.54, 1.807) is 6.07 Å². The van der Waals surface area contributed by atoms with Gasteiger partial charge in [-0.2, -0.15) is 0 Å². The summed E-state index contributed by atoms with van der Waals surface area (Å²) < 4.78 is 13.6. The highest BCUT2D eigenvalue weighted by molar-refractivity contribution is 5.87. The number of hydrogen-bond acceptors (Lipinski definition) is 2. The number of hydrogen-bond donors (Lipinski definition) is 2. The van der Waals surface area contributed by atoms with E-state index in [4.69, 9.17) is 5.11 Å². The molecule has 0 bridgehead atoms. The number of carbonyl (C=O) groups is 1. The van der Waals surface area contributed by atoms with Gasteiger partial charge < -0.3 is 10.1 Å². The molecule has 2 aromatic rings. The average Bonchev–Trinajstić information content (AvgIpc) is 2.65. The Morgan fingerprint density at radius 1 is 1.53 bits per heavy atom. The van der Waals surface area contributed by atoms with Crippen LogP contribution in [-0.4, -0.2) is 21.0 Å². The summed E-state index contributed by atoms with van der Waals surface area (Å²) in [6, 6.07) is 3.14. The van der Waals surface area contributed by atoms with Crippen LogP contribution in [0.4, 0.5) is 4.39 Å². The number of nitrogens with one attached hydrogen (secondary N) is 1. The molecule has 1 aromatic carbocycles. The van der Waals surface area contributed by atoms with Gasteiger partial charge in [0.15, 0.2) is 5.82 Å². The van der Waals surface area contributed by atoms with Gasteiger partial charge in [0.05, 0.1) is 11.8 Å². The molecule has 15 heavy (non-hydrogen) atoms. The van der Waals surface area contributed by atoms with E-state index in [9.17, 15) is 9.18 Å². The van der Waals surface area contributed by atoms with E-state index >= 15 is 0 Å². The largest absolute Gasteiger partial charge is 0.478 e. The number of nitrogens with zero attached hydrogens (tertiary/aromatic N) is 1. The van der Waals surface area contributed by atoms with Crippen LogP contribution in [0.15, 0.2) is 24.5 Å². The molecule has 76 valence electrons. The Bertz CT molecular complexity index is 545. The maximum atomic E-state index is 13.6. The highest BCUT2D eigenvalue weighted by atomic mass is 19.1. The molecule has 0 aliphatic carbocycles. The molecule has 0 amide bonds. The van der Waals surface area contributed by atoms with E-state index in [0.29, 0.717) is 5.52 Å². The van der Waals surface area contributed by atoms with Crippen molar-refractivity contribution in [1.29, 1.82) is 0 Å². The second kappa shape index (κ2) is 3.53. The molecule has 1 aromatic heterocycles. The third kappa shape index (κ3) is 1.71. The van der Waals surface area contributed by atoms with E-state index in [-0.39, 0.29) is 11.1 Å². The van der Waals surface area contributed by atoms with Crippen molar-refractivity contribution in [3.63, 3.8) is 0 Å². The van der Waals surface area contributed by atoms with Crippen LogP contribution in [0.1, 0.15) is 5.56 Å². The number of carboxylic acid groups (broad SMARTS) is 1. The number of imidazole rings is 1. The molecule has 1 heterocycles. The van der Waals surface area contributed by atoms with Gasteiger partial charge in [-0.3, -0.25) is 0 Å². The lowest BCUT2D eigenvalue weighted by molar-refractivity contribution is -0.131. The topological polar surface area (TPSA) is 66.0 Å². The number of carboxylic acids is 1. The Hall–Kier alpha value is -2.17. The van der Waals surface area contributed by atoms with Gasteiger partial charge in [0.1, 0.15) is 5.52 Å². The second-order valence-electron chi connectivity index (χ2n) is 2.94. The predicted octanol–water partition coefficient (Wildman–Crippen LogP) is 1.80. The third-order valence-electron chi connectivity index (χ3n) is 1.97. The van der Waals surface area contributed by atoms with Gasteiger partial charge in [-0.05, 0) is 18.2 Å². The van der Waals surface area contributed by atoms with Crippen molar-refractivity contribution in [2.75, 3.05) is 0 Å². The van der Waals surface area contributed by atoms with Crippen molar-refractivity contribution in [1.82, 2.24) is 9.97 Å². The number of fused-ring (bicyclic) bond motifs is 1. The van der Waals surface area contributed by atoms with Crippen LogP contribution in [0, 0.1) is 5.82 Å².